The second-order valence-corrected chi connectivity index (χ2v) is 4.65. The van der Waals surface area contributed by atoms with E-state index in [1.54, 1.807) is 11.2 Å². The average molecular weight is 230 g/mol. The predicted molar refractivity (Wildman–Crippen MR) is 65.7 cm³/mol. The number of aromatic amines is 1. The van der Waals surface area contributed by atoms with Crippen LogP contribution in [0.4, 0.5) is 0 Å². The van der Waals surface area contributed by atoms with Crippen LogP contribution in [0, 0.1) is 0 Å². The molecular weight excluding hydrogens is 220 g/mol. The molecular formula is C12H10N2OS. The Morgan fingerprint density at radius 3 is 3.00 bits per heavy atom. The Labute approximate surface area is 97.3 Å². The Bertz CT molecular complexity index is 600. The largest absolute Gasteiger partial charge is 0.348 e. The van der Waals surface area contributed by atoms with Crippen LogP contribution in [0.25, 0.3) is 17.0 Å². The first-order chi connectivity index (χ1) is 7.75. The summed E-state index contributed by atoms with van der Waals surface area (Å²) in [5, 5.41) is 2.23. The number of hydrogen-bond acceptors (Lipinski definition) is 2. The first kappa shape index (κ1) is 9.54. The molecule has 0 fully saturated rings. The van der Waals surface area contributed by atoms with Crippen LogP contribution in [0.2, 0.25) is 0 Å². The van der Waals surface area contributed by atoms with Crippen LogP contribution in [-0.4, -0.2) is 15.2 Å². The number of nitrogens with zero attached hydrogens (tertiary/aromatic N) is 1. The Kier molecular flexibility index (Phi) is 2.04. The zero-order valence-corrected chi connectivity index (χ0v) is 9.54. The van der Waals surface area contributed by atoms with Crippen molar-refractivity contribution in [2.75, 3.05) is 0 Å². The summed E-state index contributed by atoms with van der Waals surface area (Å²) in [6.07, 6.45) is 3.79. The van der Waals surface area contributed by atoms with Gasteiger partial charge in [0.15, 0.2) is 0 Å². The smallest absolute Gasteiger partial charge is 0.233 e. The number of fused-ring (bicyclic) bond motifs is 3. The summed E-state index contributed by atoms with van der Waals surface area (Å²) >= 11 is 1.43. The molecule has 0 radical (unpaired) electrons. The minimum Gasteiger partial charge on any atom is -0.348 e. The van der Waals surface area contributed by atoms with E-state index in [-0.39, 0.29) is 5.91 Å². The number of H-pyrrole nitrogens is 1. The number of para-hydroxylation sites is 1. The lowest BCUT2D eigenvalue weighted by molar-refractivity contribution is -0.122. The molecule has 0 unspecified atom stereocenters. The van der Waals surface area contributed by atoms with Crippen LogP contribution in [0.5, 0.6) is 0 Å². The average Bonchev–Trinajstić information content (AvgIpc) is 2.66. The van der Waals surface area contributed by atoms with Crippen LogP contribution >= 0.6 is 11.9 Å². The van der Waals surface area contributed by atoms with E-state index in [0.29, 0.717) is 0 Å². The quantitative estimate of drug-likeness (QED) is 0.706. The van der Waals surface area contributed by atoms with Gasteiger partial charge in [-0.15, -0.1) is 0 Å². The molecule has 1 aromatic carbocycles. The molecule has 2 heterocycles. The number of amides is 1. The lowest BCUT2D eigenvalue weighted by Crippen LogP contribution is -2.16. The second kappa shape index (κ2) is 3.42. The fourth-order valence-corrected chi connectivity index (χ4v) is 2.70. The molecule has 3 rings (SSSR count). The minimum absolute atomic E-state index is 0.0329. The van der Waals surface area contributed by atoms with Crippen LogP contribution in [0.3, 0.4) is 0 Å². The van der Waals surface area contributed by atoms with E-state index in [1.807, 2.05) is 30.5 Å². The first-order valence-corrected chi connectivity index (χ1v) is 5.80. The summed E-state index contributed by atoms with van der Waals surface area (Å²) in [4.78, 5) is 14.6. The van der Waals surface area contributed by atoms with Gasteiger partial charge in [-0.1, -0.05) is 18.2 Å². The molecule has 0 saturated heterocycles. The monoisotopic (exact) mass is 230 g/mol. The maximum Gasteiger partial charge on any atom is 0.233 e. The van der Waals surface area contributed by atoms with Crippen LogP contribution in [0.1, 0.15) is 12.5 Å². The highest BCUT2D eigenvalue weighted by molar-refractivity contribution is 7.97. The zero-order valence-electron chi connectivity index (χ0n) is 8.73. The molecule has 0 aliphatic carbocycles. The van der Waals surface area contributed by atoms with Gasteiger partial charge >= 0.3 is 0 Å². The van der Waals surface area contributed by atoms with Crippen molar-refractivity contribution in [3.8, 4) is 0 Å². The van der Waals surface area contributed by atoms with Gasteiger partial charge in [0, 0.05) is 41.5 Å². The van der Waals surface area contributed by atoms with Crippen molar-refractivity contribution < 1.29 is 4.79 Å². The lowest BCUT2D eigenvalue weighted by Gasteiger charge is -2.17. The Balaban J connectivity index is 2.16. The van der Waals surface area contributed by atoms with Gasteiger partial charge in [-0.2, -0.15) is 0 Å². The number of nitrogens with one attached hydrogen (secondary N) is 1. The molecule has 0 saturated carbocycles. The van der Waals surface area contributed by atoms with E-state index in [9.17, 15) is 4.79 Å². The molecule has 1 aromatic heterocycles. The molecule has 0 atom stereocenters. The highest BCUT2D eigenvalue weighted by atomic mass is 32.2. The van der Waals surface area contributed by atoms with Crippen molar-refractivity contribution in [1.29, 1.82) is 0 Å². The van der Waals surface area contributed by atoms with Crippen LogP contribution in [0.15, 0.2) is 35.5 Å². The highest BCUT2D eigenvalue weighted by Crippen LogP contribution is 2.36. The topological polar surface area (TPSA) is 36.1 Å². The number of hydrogen-bond donors (Lipinski definition) is 1. The van der Waals surface area contributed by atoms with Gasteiger partial charge in [0.25, 0.3) is 0 Å². The number of aromatic nitrogens is 1. The van der Waals surface area contributed by atoms with Crippen molar-refractivity contribution in [3.05, 3.63) is 36.0 Å². The fraction of sp³-hybridized carbons (Fsp3) is 0.0833. The molecule has 0 spiro atoms. The first-order valence-electron chi connectivity index (χ1n) is 5.02. The standard InChI is InChI=1S/C12H10N2OS/c1-8(15)14-7-6-10-9-4-2-3-5-11(9)13-12(10)16-14/h2-7,13H,1H3. The number of carbonyl (C=O) groups excluding carboxylic acids is 1. The van der Waals surface area contributed by atoms with Crippen molar-refractivity contribution in [2.24, 2.45) is 0 Å². The Morgan fingerprint density at radius 1 is 1.38 bits per heavy atom. The summed E-state index contributed by atoms with van der Waals surface area (Å²) in [5.74, 6) is 0.0329. The molecule has 1 amide bonds. The predicted octanol–water partition coefficient (Wildman–Crippen LogP) is 3.01. The highest BCUT2D eigenvalue weighted by Gasteiger charge is 2.18. The molecule has 16 heavy (non-hydrogen) atoms. The van der Waals surface area contributed by atoms with Crippen LogP contribution in [-0.2, 0) is 4.79 Å². The molecule has 1 aliphatic heterocycles. The van der Waals surface area contributed by atoms with E-state index in [1.165, 1.54) is 17.3 Å². The number of benzene rings is 1. The van der Waals surface area contributed by atoms with E-state index in [0.717, 1.165) is 16.1 Å². The van der Waals surface area contributed by atoms with E-state index in [2.05, 4.69) is 11.1 Å². The van der Waals surface area contributed by atoms with Gasteiger partial charge in [-0.05, 0) is 12.1 Å². The summed E-state index contributed by atoms with van der Waals surface area (Å²) in [5.41, 5.74) is 2.27. The maximum atomic E-state index is 11.3. The molecule has 0 bridgehead atoms. The number of rotatable bonds is 0. The molecule has 80 valence electrons. The van der Waals surface area contributed by atoms with Gasteiger partial charge in [0.2, 0.25) is 5.91 Å². The lowest BCUT2D eigenvalue weighted by atomic mass is 10.2. The summed E-state index contributed by atoms with van der Waals surface area (Å²) in [7, 11) is 0. The molecule has 3 nitrogen and oxygen atoms in total. The molecule has 1 N–H and O–H groups in total. The van der Waals surface area contributed by atoms with Crippen LogP contribution < -0.4 is 0 Å². The third-order valence-corrected chi connectivity index (χ3v) is 3.67. The van der Waals surface area contributed by atoms with E-state index in [4.69, 9.17) is 0 Å². The van der Waals surface area contributed by atoms with Gasteiger partial charge in [-0.25, -0.2) is 0 Å². The fourth-order valence-electron chi connectivity index (χ4n) is 1.82. The van der Waals surface area contributed by atoms with Crippen molar-refractivity contribution in [1.82, 2.24) is 9.29 Å². The minimum atomic E-state index is 0.0329. The van der Waals surface area contributed by atoms with Crippen molar-refractivity contribution in [3.63, 3.8) is 0 Å². The maximum absolute atomic E-state index is 11.3. The molecule has 4 heteroatoms. The van der Waals surface area contributed by atoms with Gasteiger partial charge in [0.1, 0.15) is 5.03 Å². The molecule has 1 aliphatic rings. The summed E-state index contributed by atoms with van der Waals surface area (Å²) in [6, 6.07) is 8.15. The van der Waals surface area contributed by atoms with Gasteiger partial charge < -0.3 is 4.98 Å². The normalized spacial score (nSPS) is 14.2. The number of carbonyl (C=O) groups is 1. The molecule has 2 aromatic rings. The summed E-state index contributed by atoms with van der Waals surface area (Å²) < 4.78 is 1.62. The van der Waals surface area contributed by atoms with E-state index >= 15 is 0 Å². The summed E-state index contributed by atoms with van der Waals surface area (Å²) in [6.45, 7) is 1.56. The Morgan fingerprint density at radius 2 is 2.19 bits per heavy atom. The van der Waals surface area contributed by atoms with Gasteiger partial charge in [-0.3, -0.25) is 9.10 Å². The third-order valence-electron chi connectivity index (χ3n) is 2.59. The zero-order chi connectivity index (χ0) is 11.1. The van der Waals surface area contributed by atoms with Crippen molar-refractivity contribution >= 4 is 34.8 Å². The van der Waals surface area contributed by atoms with Crippen molar-refractivity contribution in [2.45, 2.75) is 11.9 Å². The Hall–Kier alpha value is -1.68. The van der Waals surface area contributed by atoms with E-state index < -0.39 is 0 Å². The van der Waals surface area contributed by atoms with Gasteiger partial charge in [0.05, 0.1) is 0 Å². The third kappa shape index (κ3) is 1.34. The SMILES string of the molecule is CC(=O)N1C=Cc2c([nH]c3ccccc23)S1. The second-order valence-electron chi connectivity index (χ2n) is 3.67.